The Balaban J connectivity index is 2.42. The van der Waals surface area contributed by atoms with Gasteiger partial charge in [-0.15, -0.1) is 0 Å². The fourth-order valence-corrected chi connectivity index (χ4v) is 2.15. The highest BCUT2D eigenvalue weighted by molar-refractivity contribution is 5.29. The van der Waals surface area contributed by atoms with E-state index >= 15 is 0 Å². The van der Waals surface area contributed by atoms with E-state index in [0.29, 0.717) is 11.4 Å². The number of aliphatic hydroxyl groups is 2. The molecule has 0 bridgehead atoms. The van der Waals surface area contributed by atoms with Gasteiger partial charge in [-0.3, -0.25) is 0 Å². The van der Waals surface area contributed by atoms with Gasteiger partial charge in [0.05, 0.1) is 18.3 Å². The zero-order valence-corrected chi connectivity index (χ0v) is 13.5. The largest absolute Gasteiger partial charge is 0.395 e. The van der Waals surface area contributed by atoms with Crippen LogP contribution in [0.2, 0.25) is 0 Å². The van der Waals surface area contributed by atoms with Gasteiger partial charge >= 0.3 is 0 Å². The van der Waals surface area contributed by atoms with E-state index in [2.05, 4.69) is 23.7 Å². The second kappa shape index (κ2) is 11.2. The van der Waals surface area contributed by atoms with Crippen molar-refractivity contribution in [2.75, 3.05) is 6.61 Å². The maximum Gasteiger partial charge on any atom is 0.113 e. The van der Waals surface area contributed by atoms with Crippen LogP contribution in [-0.4, -0.2) is 27.8 Å². The third kappa shape index (κ3) is 7.04. The van der Waals surface area contributed by atoms with E-state index in [0.717, 1.165) is 12.8 Å². The van der Waals surface area contributed by atoms with E-state index in [-0.39, 0.29) is 6.61 Å². The van der Waals surface area contributed by atoms with Crippen LogP contribution in [0.1, 0.15) is 69.4 Å². The minimum Gasteiger partial charge on any atom is -0.395 e. The SMILES string of the molecule is CCCCCCCCC#Cc1cccc(C(O)C(N)CO)n1. The molecule has 1 aromatic rings. The molecule has 0 radical (unpaired) electrons. The first-order chi connectivity index (χ1) is 10.7. The number of nitrogens with two attached hydrogens (primary N) is 1. The summed E-state index contributed by atoms with van der Waals surface area (Å²) in [5.74, 6) is 6.15. The minimum absolute atomic E-state index is 0.281. The lowest BCUT2D eigenvalue weighted by atomic mass is 10.1. The van der Waals surface area contributed by atoms with E-state index in [4.69, 9.17) is 10.8 Å². The van der Waals surface area contributed by atoms with Crippen LogP contribution >= 0.6 is 0 Å². The predicted molar refractivity (Wildman–Crippen MR) is 89.1 cm³/mol. The molecule has 22 heavy (non-hydrogen) atoms. The molecule has 1 heterocycles. The topological polar surface area (TPSA) is 79.4 Å². The first-order valence-corrected chi connectivity index (χ1v) is 8.19. The molecule has 0 fully saturated rings. The molecule has 4 nitrogen and oxygen atoms in total. The average molecular weight is 304 g/mol. The number of aliphatic hydroxyl groups excluding tert-OH is 2. The molecule has 0 aliphatic rings. The maximum absolute atomic E-state index is 9.93. The van der Waals surface area contributed by atoms with Gasteiger partial charge in [-0.2, -0.15) is 0 Å². The molecular weight excluding hydrogens is 276 g/mol. The van der Waals surface area contributed by atoms with Crippen molar-refractivity contribution in [1.82, 2.24) is 4.98 Å². The molecule has 4 heteroatoms. The molecule has 1 aromatic heterocycles. The van der Waals surface area contributed by atoms with E-state index in [1.54, 1.807) is 12.1 Å². The number of aromatic nitrogens is 1. The number of pyridine rings is 1. The van der Waals surface area contributed by atoms with Gasteiger partial charge < -0.3 is 15.9 Å². The molecule has 1 rings (SSSR count). The summed E-state index contributed by atoms with van der Waals surface area (Å²) in [6.07, 6.45) is 7.45. The summed E-state index contributed by atoms with van der Waals surface area (Å²) in [6, 6.07) is 4.58. The van der Waals surface area contributed by atoms with Crippen LogP contribution in [0.4, 0.5) is 0 Å². The van der Waals surface area contributed by atoms with E-state index in [1.807, 2.05) is 6.07 Å². The van der Waals surface area contributed by atoms with Crippen LogP contribution in [0.5, 0.6) is 0 Å². The number of hydrogen-bond acceptors (Lipinski definition) is 4. The van der Waals surface area contributed by atoms with Crippen molar-refractivity contribution in [2.45, 2.75) is 64.0 Å². The van der Waals surface area contributed by atoms with Gasteiger partial charge in [0.15, 0.2) is 0 Å². The van der Waals surface area contributed by atoms with Gasteiger partial charge in [0.1, 0.15) is 11.8 Å². The summed E-state index contributed by atoms with van der Waals surface area (Å²) in [6.45, 7) is 1.94. The Morgan fingerprint density at radius 2 is 1.91 bits per heavy atom. The van der Waals surface area contributed by atoms with Gasteiger partial charge in [-0.1, -0.05) is 51.0 Å². The van der Waals surface area contributed by atoms with Gasteiger partial charge in [0.2, 0.25) is 0 Å². The lowest BCUT2D eigenvalue weighted by Gasteiger charge is -2.15. The number of nitrogens with zero attached hydrogens (tertiary/aromatic N) is 1. The highest BCUT2D eigenvalue weighted by atomic mass is 16.3. The fourth-order valence-electron chi connectivity index (χ4n) is 2.15. The van der Waals surface area contributed by atoms with Crippen molar-refractivity contribution < 1.29 is 10.2 Å². The van der Waals surface area contributed by atoms with Crippen LogP contribution < -0.4 is 5.73 Å². The second-order valence-electron chi connectivity index (χ2n) is 5.56. The summed E-state index contributed by atoms with van der Waals surface area (Å²) >= 11 is 0. The molecule has 0 spiro atoms. The molecule has 2 unspecified atom stereocenters. The van der Waals surface area contributed by atoms with Gasteiger partial charge in [-0.25, -0.2) is 4.98 Å². The monoisotopic (exact) mass is 304 g/mol. The van der Waals surface area contributed by atoms with Crippen molar-refractivity contribution >= 4 is 0 Å². The van der Waals surface area contributed by atoms with Gasteiger partial charge in [0, 0.05) is 6.42 Å². The van der Waals surface area contributed by atoms with Crippen molar-refractivity contribution in [3.63, 3.8) is 0 Å². The Bertz CT molecular complexity index is 479. The Morgan fingerprint density at radius 1 is 1.18 bits per heavy atom. The quantitative estimate of drug-likeness (QED) is 0.484. The van der Waals surface area contributed by atoms with Gasteiger partial charge in [0.25, 0.3) is 0 Å². The van der Waals surface area contributed by atoms with Crippen molar-refractivity contribution in [1.29, 1.82) is 0 Å². The molecule has 0 aliphatic heterocycles. The Morgan fingerprint density at radius 3 is 2.64 bits per heavy atom. The first-order valence-electron chi connectivity index (χ1n) is 8.19. The minimum atomic E-state index is -0.967. The third-order valence-electron chi connectivity index (χ3n) is 3.56. The van der Waals surface area contributed by atoms with Crippen LogP contribution in [0.25, 0.3) is 0 Å². The van der Waals surface area contributed by atoms with Crippen molar-refractivity contribution in [2.24, 2.45) is 5.73 Å². The van der Waals surface area contributed by atoms with E-state index < -0.39 is 12.1 Å². The molecule has 122 valence electrons. The lowest BCUT2D eigenvalue weighted by Crippen LogP contribution is -2.32. The molecule has 0 amide bonds. The maximum atomic E-state index is 9.93. The molecule has 0 saturated heterocycles. The normalized spacial score (nSPS) is 13.3. The van der Waals surface area contributed by atoms with Gasteiger partial charge in [-0.05, 0) is 24.5 Å². The highest BCUT2D eigenvalue weighted by Gasteiger charge is 2.17. The summed E-state index contributed by atoms with van der Waals surface area (Å²) in [4.78, 5) is 4.29. The molecule has 4 N–H and O–H groups in total. The standard InChI is InChI=1S/C18H28N2O2/c1-2-3-4-5-6-7-8-9-11-15-12-10-13-17(20-15)18(22)16(19)14-21/h10,12-13,16,18,21-22H,2-8,14,19H2,1H3. The Hall–Kier alpha value is -1.41. The fraction of sp³-hybridized carbons (Fsp3) is 0.611. The number of rotatable bonds is 9. The van der Waals surface area contributed by atoms with Crippen molar-refractivity contribution in [3.8, 4) is 11.8 Å². The van der Waals surface area contributed by atoms with Crippen molar-refractivity contribution in [3.05, 3.63) is 29.6 Å². The smallest absolute Gasteiger partial charge is 0.113 e. The van der Waals surface area contributed by atoms with Crippen LogP contribution in [0, 0.1) is 11.8 Å². The molecule has 2 atom stereocenters. The summed E-state index contributed by atoms with van der Waals surface area (Å²) in [5.41, 5.74) is 6.70. The lowest BCUT2D eigenvalue weighted by molar-refractivity contribution is 0.106. The van der Waals surface area contributed by atoms with E-state index in [1.165, 1.54) is 32.1 Å². The predicted octanol–water partition coefficient (Wildman–Crippen LogP) is 2.54. The molecule has 0 aliphatic carbocycles. The van der Waals surface area contributed by atoms with Crippen LogP contribution in [0.15, 0.2) is 18.2 Å². The average Bonchev–Trinajstić information content (AvgIpc) is 2.56. The highest BCUT2D eigenvalue weighted by Crippen LogP contribution is 2.13. The van der Waals surface area contributed by atoms with E-state index in [9.17, 15) is 5.11 Å². The summed E-state index contributed by atoms with van der Waals surface area (Å²) in [5, 5.41) is 18.9. The Kier molecular flexibility index (Phi) is 9.49. The molecule has 0 aromatic carbocycles. The summed E-state index contributed by atoms with van der Waals surface area (Å²) in [7, 11) is 0. The number of unbranched alkanes of at least 4 members (excludes halogenated alkanes) is 6. The zero-order valence-electron chi connectivity index (χ0n) is 13.5. The molecular formula is C18H28N2O2. The second-order valence-corrected chi connectivity index (χ2v) is 5.56. The first kappa shape index (κ1) is 18.6. The third-order valence-corrected chi connectivity index (χ3v) is 3.56. The van der Waals surface area contributed by atoms with Crippen LogP contribution in [0.3, 0.4) is 0 Å². The Labute approximate surface area is 133 Å². The number of hydrogen-bond donors (Lipinski definition) is 3. The summed E-state index contributed by atoms with van der Waals surface area (Å²) < 4.78 is 0. The zero-order chi connectivity index (χ0) is 16.2. The van der Waals surface area contributed by atoms with Crippen LogP contribution in [-0.2, 0) is 0 Å². The molecule has 0 saturated carbocycles.